The van der Waals surface area contributed by atoms with E-state index in [2.05, 4.69) is 15.8 Å². The zero-order valence-electron chi connectivity index (χ0n) is 18.6. The Morgan fingerprint density at radius 3 is 2.37 bits per heavy atom. The van der Waals surface area contributed by atoms with Crippen molar-refractivity contribution in [3.8, 4) is 0 Å². The molecule has 4 rings (SSSR count). The number of hydrogen-bond donors (Lipinski definition) is 2. The lowest BCUT2D eigenvalue weighted by Gasteiger charge is -2.31. The van der Waals surface area contributed by atoms with Gasteiger partial charge in [-0.05, 0) is 37.1 Å². The van der Waals surface area contributed by atoms with E-state index in [-0.39, 0.29) is 30.3 Å². The minimum atomic E-state index is -4.61. The Kier molecular flexibility index (Phi) is 6.92. The first-order valence-electron chi connectivity index (χ1n) is 10.8. The van der Waals surface area contributed by atoms with Crippen LogP contribution in [0.3, 0.4) is 0 Å². The Morgan fingerprint density at radius 1 is 1.03 bits per heavy atom. The molecular formula is C23H22F3N5O3S. The van der Waals surface area contributed by atoms with Crippen molar-refractivity contribution in [2.75, 3.05) is 13.1 Å². The van der Waals surface area contributed by atoms with E-state index in [4.69, 9.17) is 0 Å². The molecule has 3 amide bonds. The molecule has 3 heterocycles. The number of thiazole rings is 1. The van der Waals surface area contributed by atoms with Crippen molar-refractivity contribution in [3.63, 3.8) is 0 Å². The first-order chi connectivity index (χ1) is 16.6. The van der Waals surface area contributed by atoms with Crippen LogP contribution in [0.1, 0.15) is 60.7 Å². The average molecular weight is 506 g/mol. The maximum Gasteiger partial charge on any atom is 0.417 e. The zero-order chi connectivity index (χ0) is 25.2. The van der Waals surface area contributed by atoms with Gasteiger partial charge in [-0.15, -0.1) is 11.3 Å². The fourth-order valence-electron chi connectivity index (χ4n) is 3.93. The van der Waals surface area contributed by atoms with Gasteiger partial charge in [0.15, 0.2) is 0 Å². The minimum absolute atomic E-state index is 0.0265. The van der Waals surface area contributed by atoms with E-state index in [1.165, 1.54) is 34.4 Å². The summed E-state index contributed by atoms with van der Waals surface area (Å²) in [5.74, 6) is -1.71. The number of carbonyl (C=O) groups is 3. The van der Waals surface area contributed by atoms with Gasteiger partial charge in [0.1, 0.15) is 11.4 Å². The number of aryl methyl sites for hydroxylation is 1. The van der Waals surface area contributed by atoms with Crippen molar-refractivity contribution >= 4 is 29.1 Å². The Hall–Kier alpha value is -3.67. The van der Waals surface area contributed by atoms with Crippen molar-refractivity contribution in [1.29, 1.82) is 0 Å². The van der Waals surface area contributed by atoms with Gasteiger partial charge in [-0.1, -0.05) is 12.1 Å². The molecule has 0 saturated carbocycles. The average Bonchev–Trinajstić information content (AvgIpc) is 3.51. The van der Waals surface area contributed by atoms with Gasteiger partial charge < -0.3 is 9.47 Å². The minimum Gasteiger partial charge on any atom is -0.347 e. The first kappa shape index (κ1) is 24.5. The van der Waals surface area contributed by atoms with Crippen LogP contribution >= 0.6 is 11.3 Å². The summed E-state index contributed by atoms with van der Waals surface area (Å²) in [6.07, 6.45) is -1.88. The first-order valence-corrected chi connectivity index (χ1v) is 11.7. The van der Waals surface area contributed by atoms with Crippen LogP contribution in [-0.2, 0) is 13.2 Å². The standard InChI is InChI=1S/C23H22F3N5O3S/c1-30-10-4-7-18(30)20(33)29-28-19(32)17-13-35-21(27-17)14-8-11-31(12-9-14)22(34)15-5-2-3-6-16(15)23(24,25)26/h2-7,10,13-14H,8-9,11-12H2,1H3,(H,28,32)(H,29,33). The zero-order valence-corrected chi connectivity index (χ0v) is 19.4. The Labute approximate surface area is 202 Å². The van der Waals surface area contributed by atoms with Gasteiger partial charge in [0.2, 0.25) is 0 Å². The van der Waals surface area contributed by atoms with E-state index >= 15 is 0 Å². The van der Waals surface area contributed by atoms with E-state index in [1.807, 2.05) is 0 Å². The molecule has 35 heavy (non-hydrogen) atoms. The molecular weight excluding hydrogens is 483 g/mol. The molecule has 12 heteroatoms. The number of hydrazine groups is 1. The maximum atomic E-state index is 13.3. The lowest BCUT2D eigenvalue weighted by molar-refractivity contribution is -0.138. The number of rotatable bonds is 4. The molecule has 0 bridgehead atoms. The molecule has 2 N–H and O–H groups in total. The highest BCUT2D eigenvalue weighted by atomic mass is 32.1. The summed E-state index contributed by atoms with van der Waals surface area (Å²) >= 11 is 1.29. The number of hydrogen-bond acceptors (Lipinski definition) is 5. The van der Waals surface area contributed by atoms with Gasteiger partial charge in [-0.25, -0.2) is 4.98 Å². The van der Waals surface area contributed by atoms with Crippen molar-refractivity contribution in [3.05, 3.63) is 75.5 Å². The fourth-order valence-corrected chi connectivity index (χ4v) is 4.91. The van der Waals surface area contributed by atoms with Gasteiger partial charge in [-0.3, -0.25) is 25.2 Å². The summed E-state index contributed by atoms with van der Waals surface area (Å²) in [5, 5.41) is 2.28. The summed E-state index contributed by atoms with van der Waals surface area (Å²) in [4.78, 5) is 43.0. The topological polar surface area (TPSA) is 96.3 Å². The van der Waals surface area contributed by atoms with E-state index in [0.29, 0.717) is 23.5 Å². The fraction of sp³-hybridized carbons (Fsp3) is 0.304. The van der Waals surface area contributed by atoms with E-state index < -0.39 is 29.5 Å². The second-order valence-corrected chi connectivity index (χ2v) is 8.98. The quantitative estimate of drug-likeness (QED) is 0.530. The molecule has 3 aromatic rings. The van der Waals surface area contributed by atoms with Crippen LogP contribution in [-0.4, -0.2) is 45.3 Å². The van der Waals surface area contributed by atoms with Crippen LogP contribution in [0.4, 0.5) is 13.2 Å². The lowest BCUT2D eigenvalue weighted by atomic mass is 9.96. The van der Waals surface area contributed by atoms with Gasteiger partial charge in [0, 0.05) is 37.6 Å². The number of benzene rings is 1. The molecule has 2 aromatic heterocycles. The van der Waals surface area contributed by atoms with Crippen molar-refractivity contribution < 1.29 is 27.6 Å². The third-order valence-corrected chi connectivity index (χ3v) is 6.82. The van der Waals surface area contributed by atoms with Crippen LogP contribution in [0.25, 0.3) is 0 Å². The van der Waals surface area contributed by atoms with Gasteiger partial charge in [0.05, 0.1) is 16.1 Å². The van der Waals surface area contributed by atoms with Crippen molar-refractivity contribution in [2.24, 2.45) is 7.05 Å². The SMILES string of the molecule is Cn1cccc1C(=O)NNC(=O)c1csc(C2CCN(C(=O)c3ccccc3C(F)(F)F)CC2)n1. The molecule has 0 radical (unpaired) electrons. The third-order valence-electron chi connectivity index (χ3n) is 5.81. The van der Waals surface area contributed by atoms with Crippen molar-refractivity contribution in [2.45, 2.75) is 24.9 Å². The predicted molar refractivity (Wildman–Crippen MR) is 122 cm³/mol. The molecule has 1 aliphatic heterocycles. The van der Waals surface area contributed by atoms with Gasteiger partial charge >= 0.3 is 6.18 Å². The second-order valence-electron chi connectivity index (χ2n) is 8.09. The number of nitrogens with one attached hydrogen (secondary N) is 2. The molecule has 1 saturated heterocycles. The van der Waals surface area contributed by atoms with Gasteiger partial charge in [0.25, 0.3) is 17.7 Å². The number of aromatic nitrogens is 2. The van der Waals surface area contributed by atoms with Crippen LogP contribution in [0, 0.1) is 0 Å². The number of piperidine rings is 1. The monoisotopic (exact) mass is 505 g/mol. The molecule has 8 nitrogen and oxygen atoms in total. The number of nitrogens with zero attached hydrogens (tertiary/aromatic N) is 3. The molecule has 0 unspecified atom stereocenters. The lowest BCUT2D eigenvalue weighted by Crippen LogP contribution is -2.42. The number of halogens is 3. The highest BCUT2D eigenvalue weighted by molar-refractivity contribution is 7.09. The molecule has 1 aliphatic rings. The van der Waals surface area contributed by atoms with E-state index in [9.17, 15) is 27.6 Å². The second kappa shape index (κ2) is 9.90. The number of amides is 3. The third kappa shape index (κ3) is 5.37. The van der Waals surface area contributed by atoms with Crippen LogP contribution in [0.2, 0.25) is 0 Å². The summed E-state index contributed by atoms with van der Waals surface area (Å²) in [6, 6.07) is 8.09. The predicted octanol–water partition coefficient (Wildman–Crippen LogP) is 3.60. The Bertz CT molecular complexity index is 1250. The summed E-state index contributed by atoms with van der Waals surface area (Å²) < 4.78 is 41.5. The Balaban J connectivity index is 1.33. The van der Waals surface area contributed by atoms with Crippen LogP contribution < -0.4 is 10.9 Å². The number of likely N-dealkylation sites (tertiary alicyclic amines) is 1. The summed E-state index contributed by atoms with van der Waals surface area (Å²) in [6.45, 7) is 0.563. The maximum absolute atomic E-state index is 13.3. The number of carbonyl (C=O) groups excluding carboxylic acids is 3. The van der Waals surface area contributed by atoms with Crippen LogP contribution in [0.5, 0.6) is 0 Å². The summed E-state index contributed by atoms with van der Waals surface area (Å²) in [5.41, 5.74) is 3.90. The van der Waals surface area contributed by atoms with Gasteiger partial charge in [-0.2, -0.15) is 13.2 Å². The van der Waals surface area contributed by atoms with E-state index in [0.717, 1.165) is 6.07 Å². The molecule has 0 aliphatic carbocycles. The molecule has 1 fully saturated rings. The molecule has 184 valence electrons. The normalized spacial score (nSPS) is 14.6. The highest BCUT2D eigenvalue weighted by Gasteiger charge is 2.36. The largest absolute Gasteiger partial charge is 0.417 e. The molecule has 0 atom stereocenters. The Morgan fingerprint density at radius 2 is 1.71 bits per heavy atom. The smallest absolute Gasteiger partial charge is 0.347 e. The van der Waals surface area contributed by atoms with E-state index in [1.54, 1.807) is 35.3 Å². The summed E-state index contributed by atoms with van der Waals surface area (Å²) in [7, 11) is 1.71. The molecule has 1 aromatic carbocycles. The number of alkyl halides is 3. The molecule has 0 spiro atoms. The van der Waals surface area contributed by atoms with Crippen molar-refractivity contribution in [1.82, 2.24) is 25.3 Å². The van der Waals surface area contributed by atoms with Crippen LogP contribution in [0.15, 0.2) is 48.0 Å². The highest BCUT2D eigenvalue weighted by Crippen LogP contribution is 2.34.